The summed E-state index contributed by atoms with van der Waals surface area (Å²) in [7, 11) is 0. The second-order valence-corrected chi connectivity index (χ2v) is 6.04. The lowest BCUT2D eigenvalue weighted by molar-refractivity contribution is -0.113. The topological polar surface area (TPSA) is 81.9 Å². The number of nitrogens with one attached hydrogen (secondary N) is 1. The number of carbonyl (C=O) groups excluding carboxylic acids is 1. The van der Waals surface area contributed by atoms with Crippen LogP contribution in [-0.2, 0) is 16.1 Å². The number of nitrogens with zero attached hydrogens (tertiary/aromatic N) is 4. The molecule has 0 bridgehead atoms. The number of ether oxygens (including phenoxy) is 1. The maximum atomic E-state index is 13.5. The van der Waals surface area contributed by atoms with E-state index in [1.807, 2.05) is 0 Å². The lowest BCUT2D eigenvalue weighted by atomic mass is 10.2. The number of benzene rings is 1. The maximum absolute atomic E-state index is 13.5. The largest absolute Gasteiger partial charge is 0.376 e. The van der Waals surface area contributed by atoms with Gasteiger partial charge in [-0.1, -0.05) is 23.9 Å². The van der Waals surface area contributed by atoms with Crippen LogP contribution in [0.2, 0.25) is 0 Å². The first-order valence-corrected chi connectivity index (χ1v) is 8.26. The molecule has 122 valence electrons. The van der Waals surface area contributed by atoms with E-state index in [1.165, 1.54) is 23.9 Å². The van der Waals surface area contributed by atoms with E-state index in [9.17, 15) is 9.18 Å². The van der Waals surface area contributed by atoms with Gasteiger partial charge < -0.3 is 10.1 Å². The van der Waals surface area contributed by atoms with Gasteiger partial charge in [-0.05, 0) is 35.4 Å². The van der Waals surface area contributed by atoms with Crippen LogP contribution in [0.25, 0.3) is 0 Å². The summed E-state index contributed by atoms with van der Waals surface area (Å²) in [5, 5.41) is 14.5. The zero-order chi connectivity index (χ0) is 16.1. The summed E-state index contributed by atoms with van der Waals surface area (Å²) in [6, 6.07) is 6.04. The van der Waals surface area contributed by atoms with Crippen molar-refractivity contribution in [3.05, 3.63) is 30.1 Å². The molecule has 9 heteroatoms. The smallest absolute Gasteiger partial charge is 0.234 e. The van der Waals surface area contributed by atoms with Gasteiger partial charge in [0.05, 0.1) is 24.1 Å². The molecular formula is C14H16FN5O2S. The lowest BCUT2D eigenvalue weighted by Gasteiger charge is -2.10. The van der Waals surface area contributed by atoms with Crippen molar-refractivity contribution < 1.29 is 13.9 Å². The monoisotopic (exact) mass is 337 g/mol. The number of para-hydroxylation sites is 1. The predicted molar refractivity (Wildman–Crippen MR) is 82.5 cm³/mol. The predicted octanol–water partition coefficient (Wildman–Crippen LogP) is 1.72. The Morgan fingerprint density at radius 2 is 2.35 bits per heavy atom. The van der Waals surface area contributed by atoms with Gasteiger partial charge in [0.25, 0.3) is 0 Å². The number of hydrogen-bond donors (Lipinski definition) is 1. The summed E-state index contributed by atoms with van der Waals surface area (Å²) >= 11 is 1.21. The van der Waals surface area contributed by atoms with Crippen LogP contribution >= 0.6 is 11.8 Å². The van der Waals surface area contributed by atoms with Gasteiger partial charge in [0.1, 0.15) is 5.82 Å². The minimum Gasteiger partial charge on any atom is -0.376 e. The molecule has 0 saturated carbocycles. The Morgan fingerprint density at radius 3 is 3.13 bits per heavy atom. The lowest BCUT2D eigenvalue weighted by Crippen LogP contribution is -2.18. The Morgan fingerprint density at radius 1 is 1.48 bits per heavy atom. The van der Waals surface area contributed by atoms with Crippen LogP contribution in [0.3, 0.4) is 0 Å². The molecule has 1 amide bonds. The minimum absolute atomic E-state index is 0.0975. The standard InChI is InChI=1S/C14H16FN5O2S/c15-11-5-1-2-6-12(11)16-13(21)9-23-14-17-18-19-20(14)8-10-4-3-7-22-10/h1-2,5-6,10H,3-4,7-9H2,(H,16,21). The number of rotatable bonds is 6. The van der Waals surface area contributed by atoms with E-state index in [1.54, 1.807) is 16.8 Å². The number of anilines is 1. The number of carbonyl (C=O) groups is 1. The van der Waals surface area contributed by atoms with Crippen molar-refractivity contribution in [2.24, 2.45) is 0 Å². The normalized spacial score (nSPS) is 17.3. The van der Waals surface area contributed by atoms with Gasteiger partial charge in [-0.3, -0.25) is 4.79 Å². The highest BCUT2D eigenvalue weighted by Crippen LogP contribution is 2.19. The van der Waals surface area contributed by atoms with Crippen LogP contribution in [0, 0.1) is 5.82 Å². The van der Waals surface area contributed by atoms with Gasteiger partial charge in [-0.15, -0.1) is 5.10 Å². The van der Waals surface area contributed by atoms with Crippen molar-refractivity contribution in [3.8, 4) is 0 Å². The van der Waals surface area contributed by atoms with Crippen molar-refractivity contribution in [1.29, 1.82) is 0 Å². The fourth-order valence-electron chi connectivity index (χ4n) is 2.27. The number of halogens is 1. The van der Waals surface area contributed by atoms with E-state index in [2.05, 4.69) is 20.8 Å². The van der Waals surface area contributed by atoms with Crippen LogP contribution in [0.5, 0.6) is 0 Å². The van der Waals surface area contributed by atoms with E-state index in [0.29, 0.717) is 11.7 Å². The summed E-state index contributed by atoms with van der Waals surface area (Å²) in [6.07, 6.45) is 2.14. The number of aromatic nitrogens is 4. The van der Waals surface area contributed by atoms with E-state index in [4.69, 9.17) is 4.74 Å². The molecule has 7 nitrogen and oxygen atoms in total. The van der Waals surface area contributed by atoms with E-state index in [0.717, 1.165) is 19.4 Å². The molecule has 2 aromatic rings. The average Bonchev–Trinajstić information content (AvgIpc) is 3.20. The third-order valence-corrected chi connectivity index (χ3v) is 4.34. The van der Waals surface area contributed by atoms with E-state index in [-0.39, 0.29) is 23.5 Å². The fourth-order valence-corrected chi connectivity index (χ4v) is 2.96. The first-order chi connectivity index (χ1) is 11.2. The highest BCUT2D eigenvalue weighted by molar-refractivity contribution is 7.99. The molecule has 0 aliphatic carbocycles. The highest BCUT2D eigenvalue weighted by atomic mass is 32.2. The molecule has 1 aliphatic rings. The quantitative estimate of drug-likeness (QED) is 0.808. The Labute approximate surface area is 136 Å². The zero-order valence-corrected chi connectivity index (χ0v) is 13.1. The summed E-state index contributed by atoms with van der Waals surface area (Å²) in [4.78, 5) is 11.9. The van der Waals surface area contributed by atoms with Crippen molar-refractivity contribution in [2.45, 2.75) is 30.6 Å². The first-order valence-electron chi connectivity index (χ1n) is 7.27. The summed E-state index contributed by atoms with van der Waals surface area (Å²) in [5.74, 6) is -0.680. The molecule has 23 heavy (non-hydrogen) atoms. The number of amides is 1. The molecule has 1 N–H and O–H groups in total. The Hall–Kier alpha value is -2.00. The molecule has 0 radical (unpaired) electrons. The number of hydrogen-bond acceptors (Lipinski definition) is 6. The van der Waals surface area contributed by atoms with Gasteiger partial charge in [-0.2, -0.15) is 0 Å². The molecule has 1 aromatic heterocycles. The van der Waals surface area contributed by atoms with Crippen LogP contribution in [-0.4, -0.2) is 44.6 Å². The van der Waals surface area contributed by atoms with E-state index >= 15 is 0 Å². The fraction of sp³-hybridized carbons (Fsp3) is 0.429. The van der Waals surface area contributed by atoms with Crippen molar-refractivity contribution in [2.75, 3.05) is 17.7 Å². The zero-order valence-electron chi connectivity index (χ0n) is 12.3. The molecule has 1 unspecified atom stereocenters. The SMILES string of the molecule is O=C(CSc1nnnn1CC1CCCO1)Nc1ccccc1F. The molecule has 1 fully saturated rings. The molecule has 3 rings (SSSR count). The molecule has 1 atom stereocenters. The van der Waals surface area contributed by atoms with Gasteiger partial charge in [-0.25, -0.2) is 9.07 Å². The van der Waals surface area contributed by atoms with Crippen molar-refractivity contribution in [3.63, 3.8) is 0 Å². The number of tetrazole rings is 1. The van der Waals surface area contributed by atoms with Crippen LogP contribution in [0.15, 0.2) is 29.4 Å². The molecule has 1 aromatic carbocycles. The molecule has 2 heterocycles. The third kappa shape index (κ3) is 4.26. The molecular weight excluding hydrogens is 321 g/mol. The van der Waals surface area contributed by atoms with Gasteiger partial charge in [0, 0.05) is 6.61 Å². The minimum atomic E-state index is -0.464. The first kappa shape index (κ1) is 15.9. The summed E-state index contributed by atoms with van der Waals surface area (Å²) in [6.45, 7) is 1.34. The van der Waals surface area contributed by atoms with Crippen LogP contribution in [0.4, 0.5) is 10.1 Å². The second-order valence-electron chi connectivity index (χ2n) is 5.10. The number of thioether (sulfide) groups is 1. The molecule has 0 spiro atoms. The highest BCUT2D eigenvalue weighted by Gasteiger charge is 2.19. The van der Waals surface area contributed by atoms with Crippen LogP contribution in [0.1, 0.15) is 12.8 Å². The summed E-state index contributed by atoms with van der Waals surface area (Å²) < 4.78 is 20.7. The van der Waals surface area contributed by atoms with Gasteiger partial charge in [0.15, 0.2) is 0 Å². The average molecular weight is 337 g/mol. The van der Waals surface area contributed by atoms with E-state index < -0.39 is 5.82 Å². The Bertz CT molecular complexity index is 675. The third-order valence-electron chi connectivity index (χ3n) is 3.38. The Balaban J connectivity index is 1.53. The van der Waals surface area contributed by atoms with Crippen molar-refractivity contribution >= 4 is 23.4 Å². The summed E-state index contributed by atoms with van der Waals surface area (Å²) in [5.41, 5.74) is 0.164. The van der Waals surface area contributed by atoms with Gasteiger partial charge in [0.2, 0.25) is 11.1 Å². The van der Waals surface area contributed by atoms with Gasteiger partial charge >= 0.3 is 0 Å². The molecule has 1 saturated heterocycles. The maximum Gasteiger partial charge on any atom is 0.234 e. The van der Waals surface area contributed by atoms with Crippen molar-refractivity contribution in [1.82, 2.24) is 20.2 Å². The van der Waals surface area contributed by atoms with Crippen LogP contribution < -0.4 is 5.32 Å². The Kier molecular flexibility index (Phi) is 5.19. The molecule has 1 aliphatic heterocycles. The second kappa shape index (κ2) is 7.51.